The highest BCUT2D eigenvalue weighted by Gasteiger charge is 2.12. The van der Waals surface area contributed by atoms with Gasteiger partial charge in [0.2, 0.25) is 5.91 Å². The molecule has 1 aromatic carbocycles. The molecule has 0 bridgehead atoms. The number of hydrogen-bond donors (Lipinski definition) is 2. The Morgan fingerprint density at radius 2 is 2.10 bits per heavy atom. The SMILES string of the molecule is CCNCc1ccc(N(C)CC(=O)NCC(C)C)c(F)c1. The molecule has 0 radical (unpaired) electrons. The van der Waals surface area contributed by atoms with Crippen LogP contribution in [0.3, 0.4) is 0 Å². The van der Waals surface area contributed by atoms with E-state index >= 15 is 0 Å². The van der Waals surface area contributed by atoms with Crippen molar-refractivity contribution in [1.82, 2.24) is 10.6 Å². The van der Waals surface area contributed by atoms with Crippen LogP contribution in [0.15, 0.2) is 18.2 Å². The van der Waals surface area contributed by atoms with Gasteiger partial charge in [0, 0.05) is 20.1 Å². The zero-order valence-electron chi connectivity index (χ0n) is 13.4. The number of nitrogens with one attached hydrogen (secondary N) is 2. The molecule has 4 nitrogen and oxygen atoms in total. The molecular weight excluding hydrogens is 269 g/mol. The van der Waals surface area contributed by atoms with Gasteiger partial charge in [0.05, 0.1) is 12.2 Å². The van der Waals surface area contributed by atoms with Crippen molar-refractivity contribution >= 4 is 11.6 Å². The Hall–Kier alpha value is -1.62. The fraction of sp³-hybridized carbons (Fsp3) is 0.562. The highest BCUT2D eigenvalue weighted by Crippen LogP contribution is 2.19. The molecule has 0 aliphatic rings. The quantitative estimate of drug-likeness (QED) is 0.772. The minimum absolute atomic E-state index is 0.0951. The van der Waals surface area contributed by atoms with Gasteiger partial charge < -0.3 is 15.5 Å². The Morgan fingerprint density at radius 3 is 2.67 bits per heavy atom. The monoisotopic (exact) mass is 295 g/mol. The van der Waals surface area contributed by atoms with E-state index in [2.05, 4.69) is 10.6 Å². The van der Waals surface area contributed by atoms with Crippen molar-refractivity contribution in [3.05, 3.63) is 29.6 Å². The van der Waals surface area contributed by atoms with Crippen LogP contribution in [-0.4, -0.2) is 32.6 Å². The summed E-state index contributed by atoms with van der Waals surface area (Å²) in [5, 5.41) is 5.98. The van der Waals surface area contributed by atoms with E-state index in [0.717, 1.165) is 12.1 Å². The minimum atomic E-state index is -0.301. The average Bonchev–Trinajstić information content (AvgIpc) is 2.42. The largest absolute Gasteiger partial charge is 0.363 e. The molecule has 0 fully saturated rings. The fourth-order valence-electron chi connectivity index (χ4n) is 1.91. The number of amides is 1. The molecule has 21 heavy (non-hydrogen) atoms. The Balaban J connectivity index is 2.61. The van der Waals surface area contributed by atoms with Crippen LogP contribution in [-0.2, 0) is 11.3 Å². The number of benzene rings is 1. The lowest BCUT2D eigenvalue weighted by molar-refractivity contribution is -0.119. The normalized spacial score (nSPS) is 10.8. The van der Waals surface area contributed by atoms with Gasteiger partial charge in [-0.1, -0.05) is 26.8 Å². The van der Waals surface area contributed by atoms with Crippen LogP contribution in [0.5, 0.6) is 0 Å². The van der Waals surface area contributed by atoms with E-state index in [1.165, 1.54) is 6.07 Å². The van der Waals surface area contributed by atoms with E-state index < -0.39 is 0 Å². The molecule has 1 amide bonds. The van der Waals surface area contributed by atoms with Crippen LogP contribution in [0.4, 0.5) is 10.1 Å². The Bertz CT molecular complexity index is 463. The second kappa shape index (κ2) is 8.62. The van der Waals surface area contributed by atoms with Crippen molar-refractivity contribution in [3.8, 4) is 0 Å². The Labute approximate surface area is 126 Å². The van der Waals surface area contributed by atoms with Gasteiger partial charge in [-0.05, 0) is 30.2 Å². The van der Waals surface area contributed by atoms with E-state index in [1.807, 2.05) is 26.8 Å². The van der Waals surface area contributed by atoms with Crippen LogP contribution in [0.25, 0.3) is 0 Å². The Morgan fingerprint density at radius 1 is 1.38 bits per heavy atom. The lowest BCUT2D eigenvalue weighted by Crippen LogP contribution is -2.37. The molecule has 5 heteroatoms. The second-order valence-corrected chi connectivity index (χ2v) is 5.62. The predicted molar refractivity (Wildman–Crippen MR) is 84.9 cm³/mol. The summed E-state index contributed by atoms with van der Waals surface area (Å²) in [7, 11) is 1.72. The molecule has 0 saturated carbocycles. The maximum atomic E-state index is 14.1. The van der Waals surface area contributed by atoms with Crippen LogP contribution in [0.2, 0.25) is 0 Å². The number of anilines is 1. The van der Waals surface area contributed by atoms with Gasteiger partial charge in [0.25, 0.3) is 0 Å². The maximum absolute atomic E-state index is 14.1. The highest BCUT2D eigenvalue weighted by molar-refractivity contribution is 5.81. The molecule has 118 valence electrons. The van der Waals surface area contributed by atoms with Crippen molar-refractivity contribution in [2.24, 2.45) is 5.92 Å². The summed E-state index contributed by atoms with van der Waals surface area (Å²) in [4.78, 5) is 13.4. The summed E-state index contributed by atoms with van der Waals surface area (Å²) in [5.41, 5.74) is 1.34. The summed E-state index contributed by atoms with van der Waals surface area (Å²) in [6.07, 6.45) is 0. The maximum Gasteiger partial charge on any atom is 0.239 e. The summed E-state index contributed by atoms with van der Waals surface area (Å²) in [6.45, 7) is 8.35. The number of carbonyl (C=O) groups is 1. The van der Waals surface area contributed by atoms with Gasteiger partial charge >= 0.3 is 0 Å². The van der Waals surface area contributed by atoms with Gasteiger partial charge in [-0.15, -0.1) is 0 Å². The van der Waals surface area contributed by atoms with Gasteiger partial charge in [0.15, 0.2) is 0 Å². The zero-order chi connectivity index (χ0) is 15.8. The Kier molecular flexibility index (Phi) is 7.15. The van der Waals surface area contributed by atoms with Crippen LogP contribution in [0.1, 0.15) is 26.3 Å². The molecule has 1 aromatic rings. The number of hydrogen-bond acceptors (Lipinski definition) is 3. The molecular formula is C16H26FN3O. The van der Waals surface area contributed by atoms with Gasteiger partial charge in [-0.2, -0.15) is 0 Å². The summed E-state index contributed by atoms with van der Waals surface area (Å²) in [5.74, 6) is 0.00762. The van der Waals surface area contributed by atoms with Gasteiger partial charge in [-0.3, -0.25) is 4.79 Å². The molecule has 0 spiro atoms. The van der Waals surface area contributed by atoms with Crippen molar-refractivity contribution in [1.29, 1.82) is 0 Å². The van der Waals surface area contributed by atoms with E-state index in [1.54, 1.807) is 18.0 Å². The first-order valence-corrected chi connectivity index (χ1v) is 7.41. The zero-order valence-corrected chi connectivity index (χ0v) is 13.4. The molecule has 0 unspecified atom stereocenters. The van der Waals surface area contributed by atoms with Crippen molar-refractivity contribution in [3.63, 3.8) is 0 Å². The predicted octanol–water partition coefficient (Wildman–Crippen LogP) is 2.14. The standard InChI is InChI=1S/C16H26FN3O/c1-5-18-10-13-6-7-15(14(17)8-13)20(4)11-16(21)19-9-12(2)3/h6-8,12,18H,5,9-11H2,1-4H3,(H,19,21). The number of likely N-dealkylation sites (N-methyl/N-ethyl adjacent to an activating group) is 1. The summed E-state index contributed by atoms with van der Waals surface area (Å²) in [6, 6.07) is 5.11. The number of halogens is 1. The third-order valence-corrected chi connectivity index (χ3v) is 3.09. The highest BCUT2D eigenvalue weighted by atomic mass is 19.1. The summed E-state index contributed by atoms with van der Waals surface area (Å²) >= 11 is 0. The van der Waals surface area contributed by atoms with E-state index in [0.29, 0.717) is 24.7 Å². The molecule has 2 N–H and O–H groups in total. The lowest BCUT2D eigenvalue weighted by atomic mass is 10.2. The van der Waals surface area contributed by atoms with Crippen LogP contribution >= 0.6 is 0 Å². The third-order valence-electron chi connectivity index (χ3n) is 3.09. The van der Waals surface area contributed by atoms with Crippen LogP contribution in [0, 0.1) is 11.7 Å². The molecule has 0 saturated heterocycles. The first-order valence-electron chi connectivity index (χ1n) is 7.41. The minimum Gasteiger partial charge on any atom is -0.363 e. The summed E-state index contributed by atoms with van der Waals surface area (Å²) < 4.78 is 14.1. The molecule has 0 atom stereocenters. The average molecular weight is 295 g/mol. The smallest absolute Gasteiger partial charge is 0.239 e. The fourth-order valence-corrected chi connectivity index (χ4v) is 1.91. The van der Waals surface area contributed by atoms with E-state index in [-0.39, 0.29) is 18.3 Å². The number of rotatable bonds is 8. The molecule has 0 aromatic heterocycles. The van der Waals surface area contributed by atoms with Crippen molar-refractivity contribution in [2.45, 2.75) is 27.3 Å². The van der Waals surface area contributed by atoms with Gasteiger partial charge in [0.1, 0.15) is 5.82 Å². The first kappa shape index (κ1) is 17.4. The first-order chi connectivity index (χ1) is 9.93. The van der Waals surface area contributed by atoms with E-state index in [4.69, 9.17) is 0 Å². The second-order valence-electron chi connectivity index (χ2n) is 5.62. The topological polar surface area (TPSA) is 44.4 Å². The molecule has 0 aliphatic carbocycles. The molecule has 0 heterocycles. The third kappa shape index (κ3) is 6.12. The molecule has 1 rings (SSSR count). The van der Waals surface area contributed by atoms with E-state index in [9.17, 15) is 9.18 Å². The van der Waals surface area contributed by atoms with Crippen LogP contribution < -0.4 is 15.5 Å². The van der Waals surface area contributed by atoms with Gasteiger partial charge in [-0.25, -0.2) is 4.39 Å². The van der Waals surface area contributed by atoms with Crippen molar-refractivity contribution < 1.29 is 9.18 Å². The lowest BCUT2D eigenvalue weighted by Gasteiger charge is -2.20. The molecule has 0 aliphatic heterocycles. The number of nitrogens with zero attached hydrogens (tertiary/aromatic N) is 1. The van der Waals surface area contributed by atoms with Crippen molar-refractivity contribution in [2.75, 3.05) is 31.6 Å². The number of carbonyl (C=O) groups excluding carboxylic acids is 1.